The van der Waals surface area contributed by atoms with Crippen LogP contribution in [0.5, 0.6) is 5.75 Å². The lowest BCUT2D eigenvalue weighted by Gasteiger charge is -2.30. The van der Waals surface area contributed by atoms with Crippen molar-refractivity contribution in [3.8, 4) is 5.75 Å². The van der Waals surface area contributed by atoms with E-state index >= 15 is 0 Å². The quantitative estimate of drug-likeness (QED) is 0.531. The Morgan fingerprint density at radius 2 is 1.29 bits per heavy atom. The lowest BCUT2D eigenvalue weighted by Crippen LogP contribution is -2.44. The van der Waals surface area contributed by atoms with Gasteiger partial charge in [0.1, 0.15) is 22.6 Å². The lowest BCUT2D eigenvalue weighted by molar-refractivity contribution is 0.0429. The van der Waals surface area contributed by atoms with Crippen LogP contribution in [0.25, 0.3) is 0 Å². The largest absolute Gasteiger partial charge is 0.494 e. The van der Waals surface area contributed by atoms with Gasteiger partial charge in [-0.25, -0.2) is 9.59 Å². The second-order valence-electron chi connectivity index (χ2n) is 8.45. The molecule has 2 amide bonds. The van der Waals surface area contributed by atoms with E-state index in [4.69, 9.17) is 14.2 Å². The van der Waals surface area contributed by atoms with E-state index in [1.165, 1.54) is 7.11 Å². The van der Waals surface area contributed by atoms with Crippen LogP contribution in [0.4, 0.5) is 21.0 Å². The zero-order valence-electron chi connectivity index (χ0n) is 21.8. The molecular formula is C24H44N2O5. The Morgan fingerprint density at radius 1 is 0.871 bits per heavy atom. The van der Waals surface area contributed by atoms with Gasteiger partial charge < -0.3 is 19.5 Å². The van der Waals surface area contributed by atoms with Crippen molar-refractivity contribution < 1.29 is 23.8 Å². The van der Waals surface area contributed by atoms with Gasteiger partial charge in [-0.3, -0.25) is 0 Å². The standard InChI is InChI=1S/C20H32N2O5.2C2H6/c1-13(2)21-14-11-10-12-15(25-9)16(14)22(17(23)26-19(3,4)5)18(24)27-20(6,7)8;2*1-2/h10-13,21H,1-9H3;2*1-2H3. The minimum absolute atomic E-state index is 0.0648. The van der Waals surface area contributed by atoms with Crippen molar-refractivity contribution in [2.45, 2.75) is 100 Å². The summed E-state index contributed by atoms with van der Waals surface area (Å²) in [6.45, 7) is 22.3. The average molecular weight is 441 g/mol. The van der Waals surface area contributed by atoms with Crippen molar-refractivity contribution in [3.05, 3.63) is 18.2 Å². The van der Waals surface area contributed by atoms with Gasteiger partial charge >= 0.3 is 12.2 Å². The Hall–Kier alpha value is -2.44. The summed E-state index contributed by atoms with van der Waals surface area (Å²) >= 11 is 0. The van der Waals surface area contributed by atoms with Crippen LogP contribution in [0.15, 0.2) is 18.2 Å². The van der Waals surface area contributed by atoms with Gasteiger partial charge in [-0.2, -0.15) is 4.90 Å². The molecule has 0 bridgehead atoms. The minimum Gasteiger partial charge on any atom is -0.494 e. The van der Waals surface area contributed by atoms with Crippen molar-refractivity contribution in [2.24, 2.45) is 0 Å². The normalized spacial score (nSPS) is 10.6. The number of carbonyl (C=O) groups is 2. The van der Waals surface area contributed by atoms with Crippen molar-refractivity contribution in [2.75, 3.05) is 17.3 Å². The highest BCUT2D eigenvalue weighted by Gasteiger charge is 2.36. The smallest absolute Gasteiger partial charge is 0.424 e. The Labute approximate surface area is 189 Å². The first kappa shape index (κ1) is 30.8. The SMILES string of the molecule is CC.CC.COc1cccc(NC(C)C)c1N(C(=O)OC(C)(C)C)C(=O)OC(C)(C)C. The molecule has 1 aromatic rings. The third kappa shape index (κ3) is 11.5. The number of anilines is 2. The fraction of sp³-hybridized carbons (Fsp3) is 0.667. The van der Waals surface area contributed by atoms with Gasteiger partial charge in [0.15, 0.2) is 0 Å². The molecule has 1 rings (SSSR count). The number of rotatable bonds is 4. The second-order valence-corrected chi connectivity index (χ2v) is 8.45. The second kappa shape index (κ2) is 13.8. The molecular weight excluding hydrogens is 396 g/mol. The molecule has 1 N–H and O–H groups in total. The van der Waals surface area contributed by atoms with Crippen LogP contribution in [-0.4, -0.2) is 36.5 Å². The van der Waals surface area contributed by atoms with Crippen molar-refractivity contribution in [3.63, 3.8) is 0 Å². The number of methoxy groups -OCH3 is 1. The Balaban J connectivity index is 0. The first-order valence-corrected chi connectivity index (χ1v) is 10.9. The summed E-state index contributed by atoms with van der Waals surface area (Å²) in [4.78, 5) is 26.7. The lowest BCUT2D eigenvalue weighted by atomic mass is 10.2. The van der Waals surface area contributed by atoms with Crippen molar-refractivity contribution >= 4 is 23.6 Å². The van der Waals surface area contributed by atoms with Gasteiger partial charge in [0.2, 0.25) is 0 Å². The van der Waals surface area contributed by atoms with Gasteiger partial charge in [0, 0.05) is 6.04 Å². The van der Waals surface area contributed by atoms with Gasteiger partial charge in [-0.05, 0) is 67.5 Å². The number of hydrogen-bond donors (Lipinski definition) is 1. The van der Waals surface area contributed by atoms with Gasteiger partial charge in [0.25, 0.3) is 0 Å². The van der Waals surface area contributed by atoms with E-state index in [0.29, 0.717) is 11.4 Å². The molecule has 0 atom stereocenters. The summed E-state index contributed by atoms with van der Waals surface area (Å²) in [6, 6.07) is 5.27. The first-order valence-electron chi connectivity index (χ1n) is 10.9. The van der Waals surface area contributed by atoms with E-state index in [0.717, 1.165) is 4.90 Å². The molecule has 0 spiro atoms. The molecule has 1 aromatic carbocycles. The third-order valence-electron chi connectivity index (χ3n) is 3.04. The predicted molar refractivity (Wildman–Crippen MR) is 129 cm³/mol. The molecule has 0 unspecified atom stereocenters. The summed E-state index contributed by atoms with van der Waals surface area (Å²) < 4.78 is 16.3. The van der Waals surface area contributed by atoms with Crippen LogP contribution < -0.4 is 15.0 Å². The molecule has 0 aliphatic carbocycles. The molecule has 0 saturated heterocycles. The Morgan fingerprint density at radius 3 is 1.61 bits per heavy atom. The van der Waals surface area contributed by atoms with Crippen molar-refractivity contribution in [1.29, 1.82) is 0 Å². The minimum atomic E-state index is -0.840. The number of benzene rings is 1. The number of hydrogen-bond acceptors (Lipinski definition) is 6. The van der Waals surface area contributed by atoms with Gasteiger partial charge in [0.05, 0.1) is 12.8 Å². The van der Waals surface area contributed by atoms with E-state index in [1.807, 2.05) is 41.5 Å². The van der Waals surface area contributed by atoms with Crippen LogP contribution in [0.2, 0.25) is 0 Å². The van der Waals surface area contributed by atoms with Gasteiger partial charge in [-0.15, -0.1) is 0 Å². The topological polar surface area (TPSA) is 77.1 Å². The van der Waals surface area contributed by atoms with Crippen LogP contribution in [0.3, 0.4) is 0 Å². The van der Waals surface area contributed by atoms with Crippen LogP contribution in [0, 0.1) is 0 Å². The fourth-order valence-electron chi connectivity index (χ4n) is 2.22. The molecule has 0 aliphatic heterocycles. The van der Waals surface area contributed by atoms with E-state index in [2.05, 4.69) is 5.32 Å². The summed E-state index contributed by atoms with van der Waals surface area (Å²) in [6.07, 6.45) is -1.68. The summed E-state index contributed by atoms with van der Waals surface area (Å²) in [5, 5.41) is 3.23. The monoisotopic (exact) mass is 440 g/mol. The summed E-state index contributed by atoms with van der Waals surface area (Å²) in [5.74, 6) is 0.345. The molecule has 0 aliphatic rings. The summed E-state index contributed by atoms with van der Waals surface area (Å²) in [7, 11) is 1.47. The number of carbonyl (C=O) groups excluding carboxylic acids is 2. The molecule has 7 nitrogen and oxygen atoms in total. The molecule has 0 heterocycles. The summed E-state index contributed by atoms with van der Waals surface area (Å²) in [5.41, 5.74) is -0.769. The van der Waals surface area contributed by atoms with E-state index in [9.17, 15) is 9.59 Å². The fourth-order valence-corrected chi connectivity index (χ4v) is 2.22. The highest BCUT2D eigenvalue weighted by molar-refractivity contribution is 6.13. The predicted octanol–water partition coefficient (Wildman–Crippen LogP) is 7.24. The van der Waals surface area contributed by atoms with Crippen LogP contribution in [0.1, 0.15) is 83.1 Å². The number of ether oxygens (including phenoxy) is 3. The van der Waals surface area contributed by atoms with Crippen LogP contribution >= 0.6 is 0 Å². The maximum Gasteiger partial charge on any atom is 0.424 e. The number of nitrogens with zero attached hydrogens (tertiary/aromatic N) is 1. The molecule has 7 heteroatoms. The Bertz CT molecular complexity index is 646. The zero-order chi connectivity index (χ0) is 25.0. The molecule has 31 heavy (non-hydrogen) atoms. The van der Waals surface area contributed by atoms with Gasteiger partial charge in [-0.1, -0.05) is 33.8 Å². The van der Waals surface area contributed by atoms with E-state index in [1.54, 1.807) is 59.7 Å². The maximum absolute atomic E-state index is 12.9. The number of imide groups is 1. The van der Waals surface area contributed by atoms with Crippen molar-refractivity contribution in [1.82, 2.24) is 0 Å². The highest BCUT2D eigenvalue weighted by Crippen LogP contribution is 2.38. The number of amides is 2. The molecule has 0 aromatic heterocycles. The Kier molecular flexibility index (Phi) is 13.7. The number of para-hydroxylation sites is 1. The maximum atomic E-state index is 12.9. The van der Waals surface area contributed by atoms with E-state index < -0.39 is 23.4 Å². The first-order chi connectivity index (χ1) is 14.2. The molecule has 180 valence electrons. The average Bonchev–Trinajstić information content (AvgIpc) is 2.63. The zero-order valence-corrected chi connectivity index (χ0v) is 21.8. The highest BCUT2D eigenvalue weighted by atomic mass is 16.6. The molecule has 0 fully saturated rings. The van der Waals surface area contributed by atoms with Crippen LogP contribution in [-0.2, 0) is 9.47 Å². The van der Waals surface area contributed by atoms with E-state index in [-0.39, 0.29) is 11.7 Å². The number of nitrogens with one attached hydrogen (secondary N) is 1. The third-order valence-corrected chi connectivity index (χ3v) is 3.04. The molecule has 0 radical (unpaired) electrons. The molecule has 0 saturated carbocycles.